The highest BCUT2D eigenvalue weighted by atomic mass is 19.3. The van der Waals surface area contributed by atoms with Crippen LogP contribution in [0.15, 0.2) is 30.6 Å². The number of halogens is 2. The highest BCUT2D eigenvalue weighted by molar-refractivity contribution is 6.03. The molecule has 0 spiro atoms. The van der Waals surface area contributed by atoms with Crippen molar-refractivity contribution in [2.75, 3.05) is 5.32 Å². The Hall–Kier alpha value is -2.31. The van der Waals surface area contributed by atoms with Gasteiger partial charge < -0.3 is 5.32 Å². The van der Waals surface area contributed by atoms with E-state index < -0.39 is 12.3 Å². The van der Waals surface area contributed by atoms with E-state index in [1.54, 1.807) is 16.8 Å². The molecule has 0 unspecified atom stereocenters. The number of nitrogens with one attached hydrogen (secondary N) is 1. The first kappa shape index (κ1) is 19.0. The number of hydrogen-bond acceptors (Lipinski definition) is 3. The van der Waals surface area contributed by atoms with Crippen molar-refractivity contribution in [1.29, 1.82) is 0 Å². The summed E-state index contributed by atoms with van der Waals surface area (Å²) in [5.74, 6) is -0.518. The molecule has 3 rings (SSSR count). The van der Waals surface area contributed by atoms with Crippen molar-refractivity contribution in [3.05, 3.63) is 42.0 Å². The number of carbonyl (C=O) groups excluding carboxylic acids is 1. The molecule has 0 radical (unpaired) electrons. The van der Waals surface area contributed by atoms with Gasteiger partial charge in [0.05, 0.1) is 11.7 Å². The SMILES string of the molecule is CC.O=C(Nc1cn(C2CCCCC2)nc1C(F)F)c1ccccn1. The number of aromatic nitrogens is 3. The summed E-state index contributed by atoms with van der Waals surface area (Å²) in [4.78, 5) is 16.0. The summed E-state index contributed by atoms with van der Waals surface area (Å²) in [5, 5.41) is 6.51. The van der Waals surface area contributed by atoms with Crippen LogP contribution in [0.5, 0.6) is 0 Å². The molecule has 2 aromatic rings. The molecule has 1 fully saturated rings. The Labute approximate surface area is 146 Å². The fourth-order valence-corrected chi connectivity index (χ4v) is 2.88. The first-order chi connectivity index (χ1) is 12.1. The van der Waals surface area contributed by atoms with Crippen LogP contribution in [-0.4, -0.2) is 20.7 Å². The molecule has 1 aliphatic carbocycles. The number of nitrogens with zero attached hydrogens (tertiary/aromatic N) is 3. The van der Waals surface area contributed by atoms with E-state index in [4.69, 9.17) is 0 Å². The van der Waals surface area contributed by atoms with E-state index in [1.807, 2.05) is 13.8 Å². The number of alkyl halides is 2. The van der Waals surface area contributed by atoms with Crippen molar-refractivity contribution in [1.82, 2.24) is 14.8 Å². The smallest absolute Gasteiger partial charge is 0.284 e. The second-order valence-corrected chi connectivity index (χ2v) is 5.67. The third-order valence-corrected chi connectivity index (χ3v) is 4.06. The average Bonchev–Trinajstić information content (AvgIpc) is 3.09. The minimum absolute atomic E-state index is 0.0567. The van der Waals surface area contributed by atoms with Crippen LogP contribution in [0.2, 0.25) is 0 Å². The highest BCUT2D eigenvalue weighted by Gasteiger charge is 2.24. The normalized spacial score (nSPS) is 14.8. The van der Waals surface area contributed by atoms with Gasteiger partial charge in [-0.15, -0.1) is 0 Å². The molecule has 0 bridgehead atoms. The number of rotatable bonds is 4. The quantitative estimate of drug-likeness (QED) is 0.844. The number of carbonyl (C=O) groups is 1. The minimum atomic E-state index is -2.74. The molecule has 136 valence electrons. The van der Waals surface area contributed by atoms with E-state index in [2.05, 4.69) is 15.4 Å². The zero-order valence-electron chi connectivity index (χ0n) is 14.6. The van der Waals surface area contributed by atoms with Gasteiger partial charge >= 0.3 is 0 Å². The molecule has 2 aromatic heterocycles. The molecule has 1 aliphatic rings. The van der Waals surface area contributed by atoms with Gasteiger partial charge in [-0.3, -0.25) is 14.5 Å². The molecular weight excluding hydrogens is 326 g/mol. The third-order valence-electron chi connectivity index (χ3n) is 4.06. The van der Waals surface area contributed by atoms with Crippen molar-refractivity contribution >= 4 is 11.6 Å². The van der Waals surface area contributed by atoms with Gasteiger partial charge in [0, 0.05) is 12.4 Å². The second-order valence-electron chi connectivity index (χ2n) is 5.67. The van der Waals surface area contributed by atoms with Gasteiger partial charge in [0.15, 0.2) is 5.69 Å². The lowest BCUT2D eigenvalue weighted by Crippen LogP contribution is -2.14. The Bertz CT molecular complexity index is 667. The van der Waals surface area contributed by atoms with Crippen LogP contribution >= 0.6 is 0 Å². The van der Waals surface area contributed by atoms with Crippen molar-refractivity contribution in [2.45, 2.75) is 58.4 Å². The van der Waals surface area contributed by atoms with Gasteiger partial charge in [0.25, 0.3) is 12.3 Å². The predicted molar refractivity (Wildman–Crippen MR) is 92.8 cm³/mol. The largest absolute Gasteiger partial charge is 0.318 e. The second kappa shape index (κ2) is 9.25. The zero-order chi connectivity index (χ0) is 18.2. The van der Waals surface area contributed by atoms with Crippen LogP contribution in [0.25, 0.3) is 0 Å². The van der Waals surface area contributed by atoms with Crippen molar-refractivity contribution < 1.29 is 13.6 Å². The van der Waals surface area contributed by atoms with Gasteiger partial charge in [-0.05, 0) is 25.0 Å². The molecule has 1 saturated carbocycles. The maximum atomic E-state index is 13.2. The first-order valence-corrected chi connectivity index (χ1v) is 8.74. The van der Waals surface area contributed by atoms with Crippen LogP contribution in [0.1, 0.15) is 74.6 Å². The molecule has 0 aliphatic heterocycles. The number of amides is 1. The maximum Gasteiger partial charge on any atom is 0.284 e. The van der Waals surface area contributed by atoms with Crippen LogP contribution in [0, 0.1) is 0 Å². The first-order valence-electron chi connectivity index (χ1n) is 8.74. The Morgan fingerprint density at radius 2 is 1.96 bits per heavy atom. The molecule has 0 atom stereocenters. The lowest BCUT2D eigenvalue weighted by Gasteiger charge is -2.21. The third kappa shape index (κ3) is 4.84. The van der Waals surface area contributed by atoms with Crippen LogP contribution in [-0.2, 0) is 0 Å². The molecule has 5 nitrogen and oxygen atoms in total. The van der Waals surface area contributed by atoms with E-state index in [0.29, 0.717) is 0 Å². The summed E-state index contributed by atoms with van der Waals surface area (Å²) in [6.07, 6.45) is 5.43. The van der Waals surface area contributed by atoms with Gasteiger partial charge in [0.2, 0.25) is 0 Å². The van der Waals surface area contributed by atoms with Gasteiger partial charge in [0.1, 0.15) is 5.69 Å². The maximum absolute atomic E-state index is 13.2. The minimum Gasteiger partial charge on any atom is -0.318 e. The molecule has 0 aromatic carbocycles. The molecule has 2 heterocycles. The van der Waals surface area contributed by atoms with E-state index in [-0.39, 0.29) is 23.1 Å². The van der Waals surface area contributed by atoms with E-state index in [1.165, 1.54) is 24.9 Å². The van der Waals surface area contributed by atoms with E-state index >= 15 is 0 Å². The molecular formula is C18H24F2N4O. The van der Waals surface area contributed by atoms with Gasteiger partial charge in [-0.1, -0.05) is 39.2 Å². The fraction of sp³-hybridized carbons (Fsp3) is 0.500. The topological polar surface area (TPSA) is 59.8 Å². The van der Waals surface area contributed by atoms with Crippen LogP contribution in [0.4, 0.5) is 14.5 Å². The summed E-state index contributed by atoms with van der Waals surface area (Å²) in [6, 6.07) is 5.01. The molecule has 1 N–H and O–H groups in total. The Morgan fingerprint density at radius 1 is 1.24 bits per heavy atom. The van der Waals surface area contributed by atoms with Crippen LogP contribution < -0.4 is 5.32 Å². The average molecular weight is 350 g/mol. The highest BCUT2D eigenvalue weighted by Crippen LogP contribution is 2.32. The summed E-state index contributed by atoms with van der Waals surface area (Å²) in [5.41, 5.74) is -0.154. The zero-order valence-corrected chi connectivity index (χ0v) is 14.6. The lowest BCUT2D eigenvalue weighted by atomic mass is 9.96. The molecule has 25 heavy (non-hydrogen) atoms. The lowest BCUT2D eigenvalue weighted by molar-refractivity contribution is 0.102. The van der Waals surface area contributed by atoms with Crippen LogP contribution in [0.3, 0.4) is 0 Å². The molecule has 0 saturated heterocycles. The Balaban J connectivity index is 0.00000109. The molecule has 1 amide bonds. The van der Waals surface area contributed by atoms with Crippen molar-refractivity contribution in [2.24, 2.45) is 0 Å². The summed E-state index contributed by atoms with van der Waals surface area (Å²) >= 11 is 0. The standard InChI is InChI=1S/C16H18F2N4O.C2H6/c17-15(18)14-13(20-16(23)12-8-4-5-9-19-12)10-22(21-14)11-6-2-1-3-7-11;1-2/h4-5,8-11,15H,1-3,6-7H2,(H,20,23);1-2H3. The van der Waals surface area contributed by atoms with Gasteiger partial charge in [-0.2, -0.15) is 5.10 Å². The van der Waals surface area contributed by atoms with Crippen molar-refractivity contribution in [3.63, 3.8) is 0 Å². The summed E-state index contributed by atoms with van der Waals surface area (Å²) < 4.78 is 28.0. The number of pyridine rings is 1. The number of anilines is 1. The number of hydrogen-bond donors (Lipinski definition) is 1. The monoisotopic (exact) mass is 350 g/mol. The summed E-state index contributed by atoms with van der Waals surface area (Å²) in [6.45, 7) is 4.00. The van der Waals surface area contributed by atoms with Crippen molar-refractivity contribution in [3.8, 4) is 0 Å². The Kier molecular flexibility index (Phi) is 7.03. The van der Waals surface area contributed by atoms with E-state index in [0.717, 1.165) is 25.7 Å². The summed E-state index contributed by atoms with van der Waals surface area (Å²) in [7, 11) is 0. The molecule has 7 heteroatoms. The Morgan fingerprint density at radius 3 is 2.56 bits per heavy atom. The van der Waals surface area contributed by atoms with E-state index in [9.17, 15) is 13.6 Å². The van der Waals surface area contributed by atoms with Gasteiger partial charge in [-0.25, -0.2) is 8.78 Å². The predicted octanol–water partition coefficient (Wildman–Crippen LogP) is 5.00. The fourth-order valence-electron chi connectivity index (χ4n) is 2.88.